The molecule has 0 bridgehead atoms. The third-order valence-electron chi connectivity index (χ3n) is 1.40. The monoisotopic (exact) mass is 246 g/mol. The number of nitriles is 2. The molecule has 0 saturated carbocycles. The van der Waals surface area contributed by atoms with Crippen molar-refractivity contribution in [2.45, 2.75) is 13.8 Å². The molecule has 0 atom stereocenters. The molecule has 0 spiro atoms. The maximum absolute atomic E-state index is 8.37. The van der Waals surface area contributed by atoms with E-state index in [1.165, 1.54) is 0 Å². The van der Waals surface area contributed by atoms with Crippen LogP contribution >= 0.6 is 0 Å². The van der Waals surface area contributed by atoms with Crippen molar-refractivity contribution in [1.82, 2.24) is 0 Å². The Morgan fingerprint density at radius 2 is 1.70 bits per heavy atom. The van der Waals surface area contributed by atoms with Gasteiger partial charge in [0, 0.05) is 0 Å². The van der Waals surface area contributed by atoms with Gasteiger partial charge in [0.05, 0.1) is 0 Å². The zero-order valence-corrected chi connectivity index (χ0v) is 9.07. The maximum atomic E-state index is 8.37. The van der Waals surface area contributed by atoms with Gasteiger partial charge in [-0.05, 0) is 0 Å². The fourth-order valence-electron chi connectivity index (χ4n) is 0.541. The van der Waals surface area contributed by atoms with Crippen molar-refractivity contribution >= 4 is 18.8 Å². The van der Waals surface area contributed by atoms with E-state index in [9.17, 15) is 0 Å². The minimum absolute atomic E-state index is 0.471. The topological polar surface area (TPSA) is 56.8 Å². The number of rotatable bonds is 3. The molecule has 0 aromatic carbocycles. The van der Waals surface area contributed by atoms with E-state index in [0.717, 1.165) is 0 Å². The molecule has 0 fully saturated rings. The van der Waals surface area contributed by atoms with Crippen molar-refractivity contribution in [3.63, 3.8) is 0 Å². The summed E-state index contributed by atoms with van der Waals surface area (Å²) >= 11 is -2.64. The summed E-state index contributed by atoms with van der Waals surface area (Å²) < 4.78 is 6.13. The van der Waals surface area contributed by atoms with Crippen LogP contribution in [-0.4, -0.2) is 25.9 Å². The summed E-state index contributed by atoms with van der Waals surface area (Å²) in [6.45, 7) is 0. The Hall–Kier alpha value is -0.261. The summed E-state index contributed by atoms with van der Waals surface area (Å²) in [7, 11) is 1.60. The molecule has 0 aliphatic rings. The van der Waals surface area contributed by atoms with E-state index in [4.69, 9.17) is 13.6 Å². The van der Waals surface area contributed by atoms with Crippen molar-refractivity contribution in [2.24, 2.45) is 0 Å². The summed E-state index contributed by atoms with van der Waals surface area (Å²) in [6.07, 6.45) is 0. The van der Waals surface area contributed by atoms with Crippen molar-refractivity contribution in [3.8, 4) is 12.1 Å². The Morgan fingerprint density at radius 3 is 1.90 bits per heavy atom. The molecule has 0 N–H and O–H groups in total. The molecular formula is C6H10N2OSn. The van der Waals surface area contributed by atoms with Crippen LogP contribution in [0.15, 0.2) is 0 Å². The Balaban J connectivity index is 4.00. The second kappa shape index (κ2) is 4.54. The van der Waals surface area contributed by atoms with Gasteiger partial charge in [0.25, 0.3) is 0 Å². The van der Waals surface area contributed by atoms with E-state index < -0.39 is 18.8 Å². The Labute approximate surface area is 65.6 Å². The van der Waals surface area contributed by atoms with Crippen LogP contribution in [-0.2, 0) is 3.07 Å². The van der Waals surface area contributed by atoms with E-state index in [2.05, 4.69) is 12.1 Å². The Bertz CT molecular complexity index is 163. The van der Waals surface area contributed by atoms with Gasteiger partial charge in [-0.15, -0.1) is 0 Å². The molecule has 0 aromatic rings. The van der Waals surface area contributed by atoms with Crippen LogP contribution < -0.4 is 0 Å². The quantitative estimate of drug-likeness (QED) is 0.703. The van der Waals surface area contributed by atoms with Crippen molar-refractivity contribution in [2.75, 3.05) is 7.11 Å². The van der Waals surface area contributed by atoms with Gasteiger partial charge in [0.2, 0.25) is 0 Å². The van der Waals surface area contributed by atoms with E-state index in [0.29, 0.717) is 8.87 Å². The summed E-state index contributed by atoms with van der Waals surface area (Å²) in [5.41, 5.74) is 0. The average molecular weight is 245 g/mol. The van der Waals surface area contributed by atoms with Crippen LogP contribution in [0.4, 0.5) is 0 Å². The molecule has 3 nitrogen and oxygen atoms in total. The molecule has 0 aliphatic carbocycles. The fraction of sp³-hybridized carbons (Fsp3) is 0.667. The fourth-order valence-corrected chi connectivity index (χ4v) is 3.63. The SMILES string of the molecule is C[O][Sn]([CH3])([CH2]C#N)[CH2]C#N. The molecular weight excluding hydrogens is 235 g/mol. The second-order valence-corrected chi connectivity index (χ2v) is 13.8. The number of nitrogens with zero attached hydrogens (tertiary/aromatic N) is 2. The molecule has 0 saturated heterocycles. The van der Waals surface area contributed by atoms with Crippen LogP contribution in [0.1, 0.15) is 0 Å². The molecule has 0 heterocycles. The molecule has 10 heavy (non-hydrogen) atoms. The van der Waals surface area contributed by atoms with E-state index in [-0.39, 0.29) is 0 Å². The number of hydrogen-bond donors (Lipinski definition) is 0. The predicted molar refractivity (Wildman–Crippen MR) is 39.5 cm³/mol. The van der Waals surface area contributed by atoms with E-state index in [1.54, 1.807) is 7.11 Å². The van der Waals surface area contributed by atoms with Gasteiger partial charge in [0.1, 0.15) is 0 Å². The van der Waals surface area contributed by atoms with Crippen LogP contribution in [0.3, 0.4) is 0 Å². The second-order valence-electron chi connectivity index (χ2n) is 2.32. The molecule has 0 aliphatic heterocycles. The summed E-state index contributed by atoms with van der Waals surface area (Å²) in [5, 5.41) is 16.7. The van der Waals surface area contributed by atoms with Gasteiger partial charge in [0.15, 0.2) is 0 Å². The van der Waals surface area contributed by atoms with Crippen molar-refractivity contribution in [3.05, 3.63) is 0 Å². The first kappa shape index (κ1) is 9.74. The van der Waals surface area contributed by atoms with Gasteiger partial charge in [-0.2, -0.15) is 0 Å². The van der Waals surface area contributed by atoms with E-state index >= 15 is 0 Å². The van der Waals surface area contributed by atoms with Crippen LogP contribution in [0.25, 0.3) is 0 Å². The normalized spacial score (nSPS) is 10.0. The van der Waals surface area contributed by atoms with Crippen molar-refractivity contribution < 1.29 is 3.07 Å². The van der Waals surface area contributed by atoms with Crippen molar-refractivity contribution in [1.29, 1.82) is 10.5 Å². The Morgan fingerprint density at radius 1 is 1.30 bits per heavy atom. The molecule has 0 amide bonds. The third kappa shape index (κ3) is 3.05. The van der Waals surface area contributed by atoms with Gasteiger partial charge >= 0.3 is 65.5 Å². The average Bonchev–Trinajstić information content (AvgIpc) is 1.89. The molecule has 4 heteroatoms. The number of hydrogen-bond acceptors (Lipinski definition) is 3. The summed E-state index contributed by atoms with van der Waals surface area (Å²) in [4.78, 5) is 1.96. The Kier molecular flexibility index (Phi) is 4.42. The first-order chi connectivity index (χ1) is 4.68. The van der Waals surface area contributed by atoms with Gasteiger partial charge in [-0.1, -0.05) is 0 Å². The zero-order valence-electron chi connectivity index (χ0n) is 6.22. The van der Waals surface area contributed by atoms with Crippen LogP contribution in [0.5, 0.6) is 0 Å². The van der Waals surface area contributed by atoms with Gasteiger partial charge < -0.3 is 0 Å². The first-order valence-corrected chi connectivity index (χ1v) is 11.0. The van der Waals surface area contributed by atoms with E-state index in [1.807, 2.05) is 4.94 Å². The van der Waals surface area contributed by atoms with Crippen LogP contribution in [0.2, 0.25) is 13.8 Å². The van der Waals surface area contributed by atoms with Gasteiger partial charge in [-0.25, -0.2) is 0 Å². The standard InChI is InChI=1S/2C2H2N.CH3O.CH3.Sn/c2*1-2-3;1-2;;/h2*1H2;1H3;1H3;/q;;-1;;+1. The predicted octanol–water partition coefficient (Wildman–Crippen LogP) is 1.26. The minimum atomic E-state index is -2.64. The van der Waals surface area contributed by atoms with Gasteiger partial charge in [-0.3, -0.25) is 0 Å². The molecule has 0 aromatic heterocycles. The third-order valence-corrected chi connectivity index (χ3v) is 9.38. The summed E-state index contributed by atoms with van der Waals surface area (Å²) in [5.74, 6) is 0. The van der Waals surface area contributed by atoms with Crippen LogP contribution in [0, 0.1) is 22.7 Å². The molecule has 0 unspecified atom stereocenters. The molecule has 0 rings (SSSR count). The summed E-state index contributed by atoms with van der Waals surface area (Å²) in [6, 6.07) is 4.12. The zero-order chi connectivity index (χ0) is 8.04. The first-order valence-electron chi connectivity index (χ1n) is 2.97. The molecule has 0 radical (unpaired) electrons. The molecule has 54 valence electrons.